The first kappa shape index (κ1) is 22.3. The van der Waals surface area contributed by atoms with Crippen molar-refractivity contribution in [1.29, 1.82) is 0 Å². The molecule has 1 spiro atoms. The minimum Gasteiger partial charge on any atom is -0.352 e. The highest BCUT2D eigenvalue weighted by molar-refractivity contribution is 6.36. The smallest absolute Gasteiger partial charge is 0.180 e. The van der Waals surface area contributed by atoms with Crippen LogP contribution in [0.1, 0.15) is 50.2 Å². The summed E-state index contributed by atoms with van der Waals surface area (Å²) in [6.07, 6.45) is 3.85. The summed E-state index contributed by atoms with van der Waals surface area (Å²) in [5.41, 5.74) is 2.61. The molecule has 0 radical (unpaired) electrons. The summed E-state index contributed by atoms with van der Waals surface area (Å²) < 4.78 is 0. The first-order chi connectivity index (χ1) is 16.8. The van der Waals surface area contributed by atoms with E-state index in [1.165, 1.54) is 6.92 Å². The quantitative estimate of drug-likeness (QED) is 0.385. The molecule has 35 heavy (non-hydrogen) atoms. The Bertz CT molecular complexity index is 1460. The maximum absolute atomic E-state index is 14.3. The van der Waals surface area contributed by atoms with E-state index in [-0.39, 0.29) is 17.3 Å². The highest BCUT2D eigenvalue weighted by Gasteiger charge is 2.71. The van der Waals surface area contributed by atoms with Crippen molar-refractivity contribution in [2.75, 3.05) is 4.90 Å². The van der Waals surface area contributed by atoms with Crippen LogP contribution in [0.25, 0.3) is 6.08 Å². The van der Waals surface area contributed by atoms with Crippen molar-refractivity contribution in [3.63, 3.8) is 0 Å². The lowest BCUT2D eigenvalue weighted by atomic mass is 9.64. The molecule has 0 aromatic heterocycles. The van der Waals surface area contributed by atoms with Crippen LogP contribution in [-0.4, -0.2) is 29.4 Å². The standard InChI is InChI=1S/C29H21Cl2NO3/c1-15-7-8-17-9-12-24-29(27(34)19-5-3-4-6-20(19)28(29)35)25(21-11-10-18(30)14-22(21)31)26(16(2)33)32(24)23(17)13-15/h3-14,24-26H,1-2H3/t24-,25-,26-/m0/s1. The zero-order chi connectivity index (χ0) is 24.6. The second-order valence-electron chi connectivity index (χ2n) is 9.55. The van der Waals surface area contributed by atoms with Gasteiger partial charge < -0.3 is 4.90 Å². The summed E-state index contributed by atoms with van der Waals surface area (Å²) in [5, 5.41) is 0.772. The SMILES string of the molecule is CC(=O)[C@H]1[C@H](c2ccc(Cl)cc2Cl)C2(C(=O)c3ccccc3C2=O)[C@@H]2C=Cc3ccc(C)cc3N21. The van der Waals surface area contributed by atoms with Gasteiger partial charge in [-0.15, -0.1) is 0 Å². The molecular weight excluding hydrogens is 481 g/mol. The van der Waals surface area contributed by atoms with Gasteiger partial charge in [-0.25, -0.2) is 0 Å². The van der Waals surface area contributed by atoms with Gasteiger partial charge in [-0.05, 0) is 48.7 Å². The number of fused-ring (bicyclic) bond motifs is 5. The molecule has 0 amide bonds. The van der Waals surface area contributed by atoms with Crippen molar-refractivity contribution >= 4 is 52.3 Å². The van der Waals surface area contributed by atoms with Gasteiger partial charge in [0.25, 0.3) is 0 Å². The Kier molecular flexibility index (Phi) is 4.86. The molecule has 2 heterocycles. The Morgan fingerprint density at radius 2 is 1.63 bits per heavy atom. The number of carbonyl (C=O) groups excluding carboxylic acids is 3. The van der Waals surface area contributed by atoms with E-state index in [4.69, 9.17) is 23.2 Å². The monoisotopic (exact) mass is 501 g/mol. The van der Waals surface area contributed by atoms with E-state index in [9.17, 15) is 14.4 Å². The van der Waals surface area contributed by atoms with E-state index in [1.807, 2.05) is 42.2 Å². The fourth-order valence-electron chi connectivity index (χ4n) is 6.32. The number of anilines is 1. The number of benzene rings is 3. The normalized spacial score (nSPS) is 23.4. The fraction of sp³-hybridized carbons (Fsp3) is 0.207. The molecule has 0 N–H and O–H groups in total. The van der Waals surface area contributed by atoms with Crippen molar-refractivity contribution in [2.24, 2.45) is 5.41 Å². The van der Waals surface area contributed by atoms with Crippen LogP contribution in [-0.2, 0) is 4.79 Å². The summed E-state index contributed by atoms with van der Waals surface area (Å²) >= 11 is 12.9. The lowest BCUT2D eigenvalue weighted by Gasteiger charge is -2.37. The molecule has 0 saturated carbocycles. The molecule has 1 saturated heterocycles. The fourth-order valence-corrected chi connectivity index (χ4v) is 6.85. The largest absolute Gasteiger partial charge is 0.352 e. The maximum atomic E-state index is 14.3. The predicted octanol–water partition coefficient (Wildman–Crippen LogP) is 6.32. The van der Waals surface area contributed by atoms with Crippen LogP contribution in [0.4, 0.5) is 5.69 Å². The van der Waals surface area contributed by atoms with Gasteiger partial charge in [-0.3, -0.25) is 14.4 Å². The van der Waals surface area contributed by atoms with E-state index in [0.29, 0.717) is 26.7 Å². The second-order valence-corrected chi connectivity index (χ2v) is 10.4. The van der Waals surface area contributed by atoms with Crippen LogP contribution >= 0.6 is 23.2 Å². The average Bonchev–Trinajstić information content (AvgIpc) is 3.26. The van der Waals surface area contributed by atoms with Crippen LogP contribution in [0.2, 0.25) is 10.0 Å². The molecule has 3 aliphatic rings. The highest BCUT2D eigenvalue weighted by Crippen LogP contribution is 2.61. The van der Waals surface area contributed by atoms with Crippen LogP contribution in [0.5, 0.6) is 0 Å². The van der Waals surface area contributed by atoms with E-state index < -0.39 is 23.4 Å². The molecule has 174 valence electrons. The Morgan fingerprint density at radius 1 is 0.943 bits per heavy atom. The number of hydrogen-bond acceptors (Lipinski definition) is 4. The minimum atomic E-state index is -1.53. The summed E-state index contributed by atoms with van der Waals surface area (Å²) in [5.74, 6) is -1.47. The zero-order valence-corrected chi connectivity index (χ0v) is 20.6. The lowest BCUT2D eigenvalue weighted by molar-refractivity contribution is -0.118. The number of aryl methyl sites for hydroxylation is 1. The number of ketones is 3. The second kappa shape index (κ2) is 7.64. The molecule has 4 nitrogen and oxygen atoms in total. The molecule has 0 unspecified atom stereocenters. The number of nitrogens with zero attached hydrogens (tertiary/aromatic N) is 1. The zero-order valence-electron chi connectivity index (χ0n) is 19.1. The van der Waals surface area contributed by atoms with Crippen molar-refractivity contribution < 1.29 is 14.4 Å². The van der Waals surface area contributed by atoms with Crippen molar-refractivity contribution in [2.45, 2.75) is 31.8 Å². The topological polar surface area (TPSA) is 54.5 Å². The maximum Gasteiger partial charge on any atom is 0.180 e. The average molecular weight is 502 g/mol. The third-order valence-corrected chi connectivity index (χ3v) is 8.24. The summed E-state index contributed by atoms with van der Waals surface area (Å²) in [6.45, 7) is 3.50. The van der Waals surface area contributed by atoms with Gasteiger partial charge in [-0.1, -0.05) is 77.8 Å². The Balaban J connectivity index is 1.71. The van der Waals surface area contributed by atoms with Gasteiger partial charge in [0.1, 0.15) is 5.41 Å². The Hall–Kier alpha value is -3.21. The third kappa shape index (κ3) is 2.84. The summed E-state index contributed by atoms with van der Waals surface area (Å²) in [7, 11) is 0. The number of Topliss-reactive ketones (excluding diaryl/α,β-unsaturated/α-hetero) is 3. The molecule has 3 aromatic rings. The van der Waals surface area contributed by atoms with Crippen LogP contribution in [0.3, 0.4) is 0 Å². The van der Waals surface area contributed by atoms with Crippen molar-refractivity contribution in [3.05, 3.63) is 105 Å². The van der Waals surface area contributed by atoms with Crippen LogP contribution < -0.4 is 4.90 Å². The molecule has 1 fully saturated rings. The molecule has 3 aromatic carbocycles. The molecule has 3 atom stereocenters. The minimum absolute atomic E-state index is 0.137. The Labute approximate surface area is 213 Å². The Morgan fingerprint density at radius 3 is 2.26 bits per heavy atom. The molecule has 0 bridgehead atoms. The number of hydrogen-bond donors (Lipinski definition) is 0. The number of carbonyl (C=O) groups is 3. The van der Waals surface area contributed by atoms with E-state index in [0.717, 1.165) is 16.8 Å². The van der Waals surface area contributed by atoms with E-state index in [1.54, 1.807) is 42.5 Å². The van der Waals surface area contributed by atoms with Crippen molar-refractivity contribution in [1.82, 2.24) is 0 Å². The van der Waals surface area contributed by atoms with E-state index in [2.05, 4.69) is 0 Å². The summed E-state index contributed by atoms with van der Waals surface area (Å²) in [4.78, 5) is 44.1. The van der Waals surface area contributed by atoms with Gasteiger partial charge in [0.05, 0.1) is 12.1 Å². The van der Waals surface area contributed by atoms with Crippen LogP contribution in [0, 0.1) is 12.3 Å². The first-order valence-corrected chi connectivity index (χ1v) is 12.2. The molecule has 2 aliphatic heterocycles. The molecule has 6 rings (SSSR count). The van der Waals surface area contributed by atoms with E-state index >= 15 is 0 Å². The third-order valence-electron chi connectivity index (χ3n) is 7.68. The molecular formula is C29H21Cl2NO3. The van der Waals surface area contributed by atoms with Gasteiger partial charge in [-0.2, -0.15) is 0 Å². The lowest BCUT2D eigenvalue weighted by Crippen LogP contribution is -2.48. The number of halogens is 2. The van der Waals surface area contributed by atoms with Crippen LogP contribution in [0.15, 0.2) is 66.7 Å². The van der Waals surface area contributed by atoms with Crippen molar-refractivity contribution in [3.8, 4) is 0 Å². The van der Waals surface area contributed by atoms with Gasteiger partial charge in [0, 0.05) is 32.8 Å². The highest BCUT2D eigenvalue weighted by atomic mass is 35.5. The molecule has 6 heteroatoms. The van der Waals surface area contributed by atoms with Gasteiger partial charge in [0.15, 0.2) is 17.3 Å². The van der Waals surface area contributed by atoms with Gasteiger partial charge >= 0.3 is 0 Å². The predicted molar refractivity (Wildman–Crippen MR) is 138 cm³/mol. The first-order valence-electron chi connectivity index (χ1n) is 11.5. The molecule has 1 aliphatic carbocycles. The summed E-state index contributed by atoms with van der Waals surface area (Å²) in [6, 6.07) is 16.6. The van der Waals surface area contributed by atoms with Gasteiger partial charge in [0.2, 0.25) is 0 Å². The number of rotatable bonds is 2.